The Morgan fingerprint density at radius 3 is 2.58 bits per heavy atom. The molecule has 2 aromatic rings. The van der Waals surface area contributed by atoms with Gasteiger partial charge in [-0.05, 0) is 36.2 Å². The minimum Gasteiger partial charge on any atom is -0.348 e. The van der Waals surface area contributed by atoms with E-state index in [4.69, 9.17) is 23.2 Å². The number of nitrogens with one attached hydrogen (secondary N) is 1. The van der Waals surface area contributed by atoms with Crippen molar-refractivity contribution in [1.29, 1.82) is 0 Å². The molecule has 0 spiro atoms. The molecule has 4 heteroatoms. The lowest BCUT2D eigenvalue weighted by Gasteiger charge is -2.09. The molecule has 0 unspecified atom stereocenters. The van der Waals surface area contributed by atoms with Crippen LogP contribution in [0.5, 0.6) is 0 Å². The fourth-order valence-corrected chi connectivity index (χ4v) is 2.24. The van der Waals surface area contributed by atoms with Crippen LogP contribution in [0.3, 0.4) is 0 Å². The van der Waals surface area contributed by atoms with E-state index in [2.05, 4.69) is 5.32 Å². The van der Waals surface area contributed by atoms with Crippen LogP contribution in [-0.4, -0.2) is 5.91 Å². The summed E-state index contributed by atoms with van der Waals surface area (Å²) in [7, 11) is 0. The van der Waals surface area contributed by atoms with Crippen LogP contribution in [0.25, 0.3) is 0 Å². The van der Waals surface area contributed by atoms with Crippen LogP contribution >= 0.6 is 23.2 Å². The molecule has 1 N–H and O–H groups in total. The smallest absolute Gasteiger partial charge is 0.251 e. The van der Waals surface area contributed by atoms with Gasteiger partial charge in [0.2, 0.25) is 0 Å². The van der Waals surface area contributed by atoms with E-state index in [1.54, 1.807) is 18.2 Å². The van der Waals surface area contributed by atoms with Gasteiger partial charge < -0.3 is 5.32 Å². The Kier molecular flexibility index (Phi) is 4.46. The number of halogens is 2. The maximum absolute atomic E-state index is 12.0. The molecule has 0 saturated heterocycles. The fraction of sp³-hybridized carbons (Fsp3) is 0.133. The van der Waals surface area contributed by atoms with Crippen LogP contribution in [0.1, 0.15) is 21.5 Å². The molecule has 98 valence electrons. The Morgan fingerprint density at radius 2 is 1.89 bits per heavy atom. The molecule has 1 amide bonds. The fourth-order valence-electron chi connectivity index (χ4n) is 1.76. The third kappa shape index (κ3) is 3.49. The molecule has 0 heterocycles. The van der Waals surface area contributed by atoms with E-state index in [0.717, 1.165) is 11.1 Å². The highest BCUT2D eigenvalue weighted by Gasteiger charge is 2.08. The van der Waals surface area contributed by atoms with E-state index < -0.39 is 0 Å². The zero-order chi connectivity index (χ0) is 13.8. The number of benzene rings is 2. The molecule has 0 fully saturated rings. The first-order valence-electron chi connectivity index (χ1n) is 5.85. The van der Waals surface area contributed by atoms with E-state index in [1.165, 1.54) is 0 Å². The topological polar surface area (TPSA) is 29.1 Å². The molecule has 2 rings (SSSR count). The molecule has 0 aromatic heterocycles. The largest absolute Gasteiger partial charge is 0.348 e. The molecular formula is C15H13Cl2NO. The van der Waals surface area contributed by atoms with Gasteiger partial charge >= 0.3 is 0 Å². The number of amides is 1. The summed E-state index contributed by atoms with van der Waals surface area (Å²) >= 11 is 11.9. The van der Waals surface area contributed by atoms with E-state index >= 15 is 0 Å². The van der Waals surface area contributed by atoms with Crippen molar-refractivity contribution in [3.8, 4) is 0 Å². The maximum atomic E-state index is 12.0. The Balaban J connectivity index is 2.07. The third-order valence-corrected chi connectivity index (χ3v) is 3.43. The predicted molar refractivity (Wildman–Crippen MR) is 78.8 cm³/mol. The second-order valence-electron chi connectivity index (χ2n) is 4.23. The van der Waals surface area contributed by atoms with Crippen LogP contribution in [0.4, 0.5) is 0 Å². The van der Waals surface area contributed by atoms with Gasteiger partial charge in [0.1, 0.15) is 0 Å². The van der Waals surface area contributed by atoms with Crippen LogP contribution < -0.4 is 5.32 Å². The highest BCUT2D eigenvalue weighted by atomic mass is 35.5. The van der Waals surface area contributed by atoms with E-state index in [0.29, 0.717) is 22.2 Å². The van der Waals surface area contributed by atoms with Gasteiger partial charge in [-0.2, -0.15) is 0 Å². The number of carbonyl (C=O) groups is 1. The average molecular weight is 294 g/mol. The van der Waals surface area contributed by atoms with Crippen molar-refractivity contribution in [1.82, 2.24) is 5.32 Å². The van der Waals surface area contributed by atoms with Crippen LogP contribution in [0.15, 0.2) is 42.5 Å². The van der Waals surface area contributed by atoms with Crippen LogP contribution in [-0.2, 0) is 6.54 Å². The van der Waals surface area contributed by atoms with Gasteiger partial charge in [-0.15, -0.1) is 0 Å². The summed E-state index contributed by atoms with van der Waals surface area (Å²) in [5.41, 5.74) is 2.46. The zero-order valence-corrected chi connectivity index (χ0v) is 11.9. The zero-order valence-electron chi connectivity index (χ0n) is 10.4. The van der Waals surface area contributed by atoms with Crippen molar-refractivity contribution in [3.63, 3.8) is 0 Å². The van der Waals surface area contributed by atoms with Gasteiger partial charge in [0.15, 0.2) is 0 Å². The number of hydrogen-bond donors (Lipinski definition) is 1. The van der Waals surface area contributed by atoms with Crippen molar-refractivity contribution in [2.24, 2.45) is 0 Å². The SMILES string of the molecule is Cc1ccccc1C(=O)NCc1ccc(Cl)cc1Cl. The Morgan fingerprint density at radius 1 is 1.16 bits per heavy atom. The Labute approximate surface area is 122 Å². The lowest BCUT2D eigenvalue weighted by atomic mass is 10.1. The second kappa shape index (κ2) is 6.09. The lowest BCUT2D eigenvalue weighted by molar-refractivity contribution is 0.0950. The monoisotopic (exact) mass is 293 g/mol. The van der Waals surface area contributed by atoms with E-state index in [-0.39, 0.29) is 5.91 Å². The summed E-state index contributed by atoms with van der Waals surface area (Å²) in [5.74, 6) is -0.107. The van der Waals surface area contributed by atoms with Gasteiger partial charge in [0, 0.05) is 22.2 Å². The van der Waals surface area contributed by atoms with Gasteiger partial charge in [-0.3, -0.25) is 4.79 Å². The number of rotatable bonds is 3. The summed E-state index contributed by atoms with van der Waals surface area (Å²) < 4.78 is 0. The lowest BCUT2D eigenvalue weighted by Crippen LogP contribution is -2.23. The van der Waals surface area contributed by atoms with E-state index in [1.807, 2.05) is 31.2 Å². The molecule has 2 aromatic carbocycles. The molecule has 0 saturated carbocycles. The molecule has 0 atom stereocenters. The van der Waals surface area contributed by atoms with Crippen molar-refractivity contribution in [2.75, 3.05) is 0 Å². The summed E-state index contributed by atoms with van der Waals surface area (Å²) in [6, 6.07) is 12.7. The molecule has 0 aliphatic carbocycles. The van der Waals surface area contributed by atoms with Crippen molar-refractivity contribution in [2.45, 2.75) is 13.5 Å². The highest BCUT2D eigenvalue weighted by molar-refractivity contribution is 6.35. The summed E-state index contributed by atoms with van der Waals surface area (Å²) in [6.45, 7) is 2.29. The summed E-state index contributed by atoms with van der Waals surface area (Å²) in [6.07, 6.45) is 0. The predicted octanol–water partition coefficient (Wildman–Crippen LogP) is 4.23. The van der Waals surface area contributed by atoms with Crippen LogP contribution in [0, 0.1) is 6.92 Å². The van der Waals surface area contributed by atoms with Gasteiger partial charge in [-0.1, -0.05) is 47.5 Å². The molecular weight excluding hydrogens is 281 g/mol. The molecule has 0 radical (unpaired) electrons. The Bertz CT molecular complexity index is 611. The molecule has 0 bridgehead atoms. The highest BCUT2D eigenvalue weighted by Crippen LogP contribution is 2.20. The maximum Gasteiger partial charge on any atom is 0.251 e. The van der Waals surface area contributed by atoms with Crippen molar-refractivity contribution in [3.05, 3.63) is 69.2 Å². The van der Waals surface area contributed by atoms with Crippen molar-refractivity contribution < 1.29 is 4.79 Å². The third-order valence-electron chi connectivity index (χ3n) is 2.84. The van der Waals surface area contributed by atoms with Gasteiger partial charge in [-0.25, -0.2) is 0 Å². The quantitative estimate of drug-likeness (QED) is 0.901. The standard InChI is InChI=1S/C15H13Cl2NO/c1-10-4-2-3-5-13(10)15(19)18-9-11-6-7-12(16)8-14(11)17/h2-8H,9H2,1H3,(H,18,19). The Hall–Kier alpha value is -1.51. The molecule has 0 aliphatic heterocycles. The summed E-state index contributed by atoms with van der Waals surface area (Å²) in [4.78, 5) is 12.0. The van der Waals surface area contributed by atoms with E-state index in [9.17, 15) is 4.79 Å². The molecule has 0 aliphatic rings. The minimum atomic E-state index is -0.107. The number of carbonyl (C=O) groups excluding carboxylic acids is 1. The van der Waals surface area contributed by atoms with Gasteiger partial charge in [0.05, 0.1) is 0 Å². The average Bonchev–Trinajstić information content (AvgIpc) is 2.38. The summed E-state index contributed by atoms with van der Waals surface area (Å²) in [5, 5.41) is 3.99. The van der Waals surface area contributed by atoms with Crippen LogP contribution in [0.2, 0.25) is 10.0 Å². The molecule has 19 heavy (non-hydrogen) atoms. The van der Waals surface area contributed by atoms with Gasteiger partial charge in [0.25, 0.3) is 5.91 Å². The second-order valence-corrected chi connectivity index (χ2v) is 5.08. The number of aryl methyl sites for hydroxylation is 1. The van der Waals surface area contributed by atoms with Crippen molar-refractivity contribution >= 4 is 29.1 Å². The first kappa shape index (κ1) is 13.9. The number of hydrogen-bond acceptors (Lipinski definition) is 1. The first-order valence-corrected chi connectivity index (χ1v) is 6.61. The minimum absolute atomic E-state index is 0.107. The normalized spacial score (nSPS) is 10.3. The first-order chi connectivity index (χ1) is 9.08. The molecule has 2 nitrogen and oxygen atoms in total.